The van der Waals surface area contributed by atoms with Gasteiger partial charge in [0.25, 0.3) is 0 Å². The van der Waals surface area contributed by atoms with Gasteiger partial charge in [0.05, 0.1) is 31.4 Å². The maximum absolute atomic E-state index is 15.3. The summed E-state index contributed by atoms with van der Waals surface area (Å²) < 4.78 is 0. The third-order valence-corrected chi connectivity index (χ3v) is 23.0. The highest BCUT2D eigenvalue weighted by atomic mass is 32.2. The number of unbranched alkanes of at least 4 members (excludes halogenated alkanes) is 1. The Hall–Kier alpha value is -11.9. The Morgan fingerprint density at radius 1 is 0.527 bits per heavy atom. The summed E-state index contributed by atoms with van der Waals surface area (Å²) in [6.07, 6.45) is -1.23. The topological polar surface area (TPSA) is 730 Å². The van der Waals surface area contributed by atoms with Gasteiger partial charge >= 0.3 is 11.9 Å². The number of aromatic nitrogens is 1. The van der Waals surface area contributed by atoms with Crippen molar-refractivity contribution in [2.45, 2.75) is 268 Å². The number of aliphatic hydroxyl groups is 1. The van der Waals surface area contributed by atoms with Gasteiger partial charge in [0.1, 0.15) is 84.3 Å². The van der Waals surface area contributed by atoms with Crippen molar-refractivity contribution in [3.05, 3.63) is 65.9 Å². The van der Waals surface area contributed by atoms with Crippen LogP contribution in [0.5, 0.6) is 5.75 Å². The van der Waals surface area contributed by atoms with E-state index in [9.17, 15) is 82.8 Å². The third kappa shape index (κ3) is 37.5. The molecule has 1 aliphatic rings. The van der Waals surface area contributed by atoms with Crippen LogP contribution < -0.4 is 103 Å². The molecule has 131 heavy (non-hydrogen) atoms. The van der Waals surface area contributed by atoms with E-state index in [1.54, 1.807) is 57.5 Å². The monoisotopic (exact) mass is 1880 g/mol. The first kappa shape index (κ1) is 111. The quantitative estimate of drug-likeness (QED) is 0.0112. The first-order valence-corrected chi connectivity index (χ1v) is 45.7. The van der Waals surface area contributed by atoms with Crippen LogP contribution >= 0.6 is 24.4 Å². The molecule has 0 aliphatic carbocycles. The average molecular weight is 1880 g/mol. The lowest BCUT2D eigenvalue weighted by molar-refractivity contribution is -0.145. The minimum absolute atomic E-state index is 0.00228. The Bertz CT molecular complexity index is 4430. The van der Waals surface area contributed by atoms with Crippen molar-refractivity contribution in [3.8, 4) is 5.75 Å². The van der Waals surface area contributed by atoms with E-state index in [0.29, 0.717) is 35.7 Å². The Morgan fingerprint density at radius 3 is 1.46 bits per heavy atom. The predicted octanol–water partition coefficient (Wildman–Crippen LogP) is -3.77. The highest BCUT2D eigenvalue weighted by Crippen LogP contribution is 2.25. The number of phenols is 1. The second kappa shape index (κ2) is 56.0. The molecule has 1 aromatic heterocycles. The molecule has 46 heteroatoms. The molecule has 0 unspecified atom stereocenters. The number of aliphatic hydroxyl groups excluding tert-OH is 1. The molecule has 4 rings (SSSR count). The number of nitrogens with zero attached hydrogens (tertiary/aromatic N) is 1. The number of amides is 16. The Balaban J connectivity index is 1.73. The van der Waals surface area contributed by atoms with E-state index >= 15 is 24.0 Å². The number of carbonyl (C=O) groups excluding carboxylic acids is 16. The predicted molar refractivity (Wildman–Crippen MR) is 488 cm³/mol. The molecule has 0 radical (unpaired) electrons. The molecule has 2 aromatic carbocycles. The minimum Gasteiger partial charge on any atom is -0.508 e. The average Bonchev–Trinajstić information content (AvgIpc) is 1.73. The summed E-state index contributed by atoms with van der Waals surface area (Å²) in [5, 5.41) is 84.1. The van der Waals surface area contributed by atoms with Crippen molar-refractivity contribution in [2.75, 3.05) is 37.4 Å². The van der Waals surface area contributed by atoms with E-state index in [2.05, 4.69) is 86.7 Å². The summed E-state index contributed by atoms with van der Waals surface area (Å²) >= 11 is 5.29. The first-order chi connectivity index (χ1) is 61.8. The number of nitrogens with one attached hydrogen (secondary N) is 16. The molecule has 30 N–H and O–H groups in total. The van der Waals surface area contributed by atoms with Crippen LogP contribution in [0, 0.1) is 29.1 Å². The summed E-state index contributed by atoms with van der Waals surface area (Å²) in [6, 6.07) is -11.5. The van der Waals surface area contributed by atoms with Crippen LogP contribution in [0.1, 0.15) is 170 Å². The minimum atomic E-state index is -2.12. The number of phenolic OH excluding ortho intramolecular Hbond substituents is 1. The van der Waals surface area contributed by atoms with E-state index in [1.807, 2.05) is 39.9 Å². The summed E-state index contributed by atoms with van der Waals surface area (Å²) in [5.41, 5.74) is 29.6. The number of aromatic hydroxyl groups is 1. The van der Waals surface area contributed by atoms with Crippen molar-refractivity contribution < 1.29 is 107 Å². The summed E-state index contributed by atoms with van der Waals surface area (Å²) in [7, 11) is 0. The highest BCUT2D eigenvalue weighted by molar-refractivity contribution is 7.98. The number of hydrogen-bond acceptors (Lipinski definition) is 25. The number of nitrogens with two attached hydrogens (primary N) is 5. The highest BCUT2D eigenvalue weighted by Gasteiger charge is 2.44. The lowest BCUT2D eigenvalue weighted by Crippen LogP contribution is -2.62. The zero-order valence-electron chi connectivity index (χ0n) is 75.6. The second-order valence-electron chi connectivity index (χ2n) is 33.6. The van der Waals surface area contributed by atoms with Crippen LogP contribution in [0.15, 0.2) is 54.7 Å². The number of carboxylic acid groups (broad SMARTS) is 2. The molecule has 728 valence electrons. The summed E-state index contributed by atoms with van der Waals surface area (Å²) in [4.78, 5) is 257. The molecule has 3 aromatic rings. The largest absolute Gasteiger partial charge is 0.508 e. The van der Waals surface area contributed by atoms with Crippen molar-refractivity contribution >= 4 is 148 Å². The van der Waals surface area contributed by atoms with Crippen molar-refractivity contribution in [1.29, 1.82) is 5.41 Å². The first-order valence-electron chi connectivity index (χ1n) is 43.7. The zero-order chi connectivity index (χ0) is 98.2. The number of primary amides is 2. The van der Waals surface area contributed by atoms with Gasteiger partial charge < -0.3 is 133 Å². The molecular weight excluding hydrogens is 1750 g/mol. The van der Waals surface area contributed by atoms with Crippen LogP contribution in [0.2, 0.25) is 0 Å². The van der Waals surface area contributed by atoms with Gasteiger partial charge in [0.15, 0.2) is 12.0 Å². The van der Waals surface area contributed by atoms with Gasteiger partial charge in [-0.05, 0) is 143 Å². The van der Waals surface area contributed by atoms with Gasteiger partial charge in [-0.15, -0.1) is 0 Å². The van der Waals surface area contributed by atoms with Crippen molar-refractivity contribution in [2.24, 2.45) is 52.3 Å². The van der Waals surface area contributed by atoms with Gasteiger partial charge in [0, 0.05) is 48.8 Å². The number of carboxylic acids is 2. The Labute approximate surface area is 769 Å². The van der Waals surface area contributed by atoms with Crippen molar-refractivity contribution in [3.63, 3.8) is 0 Å². The number of thiol groups is 1. The van der Waals surface area contributed by atoms with Gasteiger partial charge in [-0.3, -0.25) is 86.9 Å². The standard InChI is InChI=1S/C85H134N22O22S2/c1-11-44(7)67(104-73(117)53(21-15-16-29-86)96-80(124)63-23-18-31-107(63)83(127)62(34-43(5)6)103-82(126)68(45(8)12-2)105-78(122)56(33-42(3)4)97-70(114)51(87)41-130)81(125)102-58(36-48-40-93-52-20-14-13-19-50(48)52)75(119)101-61(39-66(112)113)77(121)98-57(35-47-24-26-49(109)27-25-47)74(118)94-54(22-17-30-92-85(90)91)71(115)99-59(37-64(88)110)76(120)95-55(28-32-131-10)72(116)100-60(38-65(89)111)79(123)106-69(46(9)108)84(128)129/h13-14,19-20,24-27,40,42-46,51,53-63,67-69,93,108-109,130H,11-12,15-18,21-23,28-39,41,86-87H2,1-10H3,(H2,88,110)(H2,89,111)(H,94,118)(H,95,120)(H,96,124)(H,97,114)(H,98,121)(H,99,115)(H,100,116)(H,101,119)(H,102,125)(H,103,126)(H,104,117)(H,105,122)(H,106,123)(H,112,113)(H,128,129)(H4,90,91,92)/t44-,45-,46+,51-,53-,54-,55-,56-,57-,58-,59-,60-,61-,62-,63-,67-,68-,69-/m0/s1. The van der Waals surface area contributed by atoms with E-state index in [4.69, 9.17) is 34.1 Å². The number of aliphatic carboxylic acids is 2. The molecule has 0 bridgehead atoms. The van der Waals surface area contributed by atoms with E-state index in [1.165, 1.54) is 40.9 Å². The molecule has 16 amide bonds. The number of H-pyrrole nitrogens is 1. The molecule has 18 atom stereocenters. The van der Waals surface area contributed by atoms with Crippen molar-refractivity contribution in [1.82, 2.24) is 84.3 Å². The van der Waals surface area contributed by atoms with Crippen LogP contribution in [-0.4, -0.2) is 277 Å². The number of benzene rings is 2. The molecule has 1 fully saturated rings. The SMILES string of the molecule is CC[C@H](C)[C@H](NC(=O)[C@H](CCCCN)NC(=O)[C@@H]1CCCN1C(=O)[C@H](CC(C)C)NC(=O)[C@@H](NC(=O)[C@H](CC(C)C)NC(=O)[C@@H](N)CS)[C@@H](C)CC)C(=O)N[C@@H](Cc1c[nH]c2ccccc12)C(=O)N[C@@H](CC(=O)O)C(=O)N[C@@H](Cc1ccc(O)cc1)C(=O)N[C@@H](CCCNC(=N)N)C(=O)N[C@@H](CC(N)=O)C(=O)N[C@@H](CCSC)C(=O)N[C@@H](CC(N)=O)C(=O)N[C@H](C(=O)O)[C@@H](C)O. The number of aromatic amines is 1. The van der Waals surface area contributed by atoms with E-state index in [0.717, 1.165) is 6.92 Å². The number of fused-ring (bicyclic) bond motifs is 1. The van der Waals surface area contributed by atoms with Gasteiger partial charge in [-0.2, -0.15) is 24.4 Å². The molecule has 0 spiro atoms. The number of guanidine groups is 1. The fourth-order valence-corrected chi connectivity index (χ4v) is 15.0. The van der Waals surface area contributed by atoms with Crippen LogP contribution in [0.4, 0.5) is 0 Å². The zero-order valence-corrected chi connectivity index (χ0v) is 77.3. The molecule has 0 saturated carbocycles. The Kier molecular flexibility index (Phi) is 47.6. The molecule has 1 aliphatic heterocycles. The van der Waals surface area contributed by atoms with E-state index in [-0.39, 0.29) is 112 Å². The fourth-order valence-electron chi connectivity index (χ4n) is 14.3. The van der Waals surface area contributed by atoms with Crippen LogP contribution in [0.3, 0.4) is 0 Å². The number of likely N-dealkylation sites (tertiary alicyclic amines) is 1. The molecular formula is C85H134N22O22S2. The van der Waals surface area contributed by atoms with Gasteiger partial charge in [-0.25, -0.2) is 4.79 Å². The van der Waals surface area contributed by atoms with Gasteiger partial charge in [-0.1, -0.05) is 98.6 Å². The second-order valence-corrected chi connectivity index (χ2v) is 34.9. The fraction of sp³-hybridized carbons (Fsp3) is 0.612. The number of carbonyl (C=O) groups is 18. The lowest BCUT2D eigenvalue weighted by Gasteiger charge is -2.33. The maximum Gasteiger partial charge on any atom is 0.328 e. The van der Waals surface area contributed by atoms with Crippen LogP contribution in [0.25, 0.3) is 10.9 Å². The lowest BCUT2D eigenvalue weighted by atomic mass is 9.95. The molecule has 2 heterocycles. The smallest absolute Gasteiger partial charge is 0.328 e. The normalized spacial score (nSPS) is 16.4. The number of para-hydroxylation sites is 1. The third-order valence-electron chi connectivity index (χ3n) is 21.9. The molecule has 1 saturated heterocycles. The summed E-state index contributed by atoms with van der Waals surface area (Å²) in [6.45, 7) is 15.4. The van der Waals surface area contributed by atoms with Gasteiger partial charge in [0.2, 0.25) is 94.5 Å². The Morgan fingerprint density at radius 2 is 0.962 bits per heavy atom. The van der Waals surface area contributed by atoms with Crippen LogP contribution in [-0.2, 0) is 99.1 Å². The number of hydrogen-bond donors (Lipinski definition) is 26. The summed E-state index contributed by atoms with van der Waals surface area (Å²) in [5.74, 6) is -21.7. The molecule has 44 nitrogen and oxygen atoms in total. The number of rotatable bonds is 59. The number of thioether (sulfide) groups is 1. The maximum atomic E-state index is 15.3. The van der Waals surface area contributed by atoms with E-state index < -0.39 is 253 Å².